The van der Waals surface area contributed by atoms with Crippen LogP contribution >= 0.6 is 0 Å². The number of nitrogens with two attached hydrogens (primary N) is 1. The van der Waals surface area contributed by atoms with Crippen molar-refractivity contribution in [2.24, 2.45) is 5.73 Å². The third kappa shape index (κ3) is 3.66. The van der Waals surface area contributed by atoms with Crippen LogP contribution in [0.4, 0.5) is 5.69 Å². The van der Waals surface area contributed by atoms with Gasteiger partial charge in [-0.1, -0.05) is 0 Å². The van der Waals surface area contributed by atoms with Crippen LogP contribution in [0.5, 0.6) is 0 Å². The second-order valence-corrected chi connectivity index (χ2v) is 2.76. The van der Waals surface area contributed by atoms with Crippen LogP contribution in [0.15, 0.2) is 24.5 Å². The zero-order valence-electron chi connectivity index (χ0n) is 7.56. The molecule has 0 radical (unpaired) electrons. The molecule has 0 aliphatic carbocycles. The van der Waals surface area contributed by atoms with Crippen molar-refractivity contribution < 1.29 is 9.59 Å². The summed E-state index contributed by atoms with van der Waals surface area (Å²) in [5, 5.41) is 2.59. The molecular formula is C9H11N3O2. The van der Waals surface area contributed by atoms with Gasteiger partial charge in [0.25, 0.3) is 0 Å². The molecule has 3 N–H and O–H groups in total. The number of pyridine rings is 1. The first-order chi connectivity index (χ1) is 6.68. The number of hydrogen-bond donors (Lipinski definition) is 2. The summed E-state index contributed by atoms with van der Waals surface area (Å²) in [6, 6.07) is 3.43. The number of primary amides is 1. The molecule has 1 rings (SSSR count). The van der Waals surface area contributed by atoms with E-state index in [1.165, 1.54) is 6.20 Å². The average Bonchev–Trinajstić information content (AvgIpc) is 2.16. The molecule has 0 atom stereocenters. The summed E-state index contributed by atoms with van der Waals surface area (Å²) in [7, 11) is 0. The maximum Gasteiger partial charge on any atom is 0.224 e. The first-order valence-electron chi connectivity index (χ1n) is 4.16. The molecule has 0 saturated carbocycles. The van der Waals surface area contributed by atoms with Crippen LogP contribution in [0, 0.1) is 0 Å². The van der Waals surface area contributed by atoms with Gasteiger partial charge in [-0.3, -0.25) is 14.6 Å². The maximum atomic E-state index is 11.2. The quantitative estimate of drug-likeness (QED) is 0.720. The van der Waals surface area contributed by atoms with E-state index in [2.05, 4.69) is 10.3 Å². The molecule has 5 heteroatoms. The van der Waals surface area contributed by atoms with E-state index in [9.17, 15) is 9.59 Å². The van der Waals surface area contributed by atoms with Gasteiger partial charge in [-0.2, -0.15) is 0 Å². The Bertz CT molecular complexity index is 324. The van der Waals surface area contributed by atoms with Gasteiger partial charge in [0.05, 0.1) is 11.9 Å². The fourth-order valence-electron chi connectivity index (χ4n) is 0.897. The predicted octanol–water partition coefficient (Wildman–Crippen LogP) is 0.286. The smallest absolute Gasteiger partial charge is 0.224 e. The van der Waals surface area contributed by atoms with Crippen molar-refractivity contribution in [3.05, 3.63) is 24.5 Å². The number of carbonyl (C=O) groups excluding carboxylic acids is 2. The highest BCUT2D eigenvalue weighted by molar-refractivity contribution is 5.92. The third-order valence-electron chi connectivity index (χ3n) is 1.54. The molecule has 2 amide bonds. The highest BCUT2D eigenvalue weighted by atomic mass is 16.2. The molecule has 1 aromatic rings. The summed E-state index contributed by atoms with van der Waals surface area (Å²) in [5.41, 5.74) is 5.52. The zero-order chi connectivity index (χ0) is 10.4. The van der Waals surface area contributed by atoms with Crippen molar-refractivity contribution in [1.29, 1.82) is 0 Å². The molecule has 0 aliphatic rings. The topological polar surface area (TPSA) is 85.1 Å². The Morgan fingerprint density at radius 1 is 1.43 bits per heavy atom. The lowest BCUT2D eigenvalue weighted by atomic mass is 10.3. The van der Waals surface area contributed by atoms with Crippen molar-refractivity contribution in [1.82, 2.24) is 4.98 Å². The summed E-state index contributed by atoms with van der Waals surface area (Å²) in [6.07, 6.45) is 3.30. The summed E-state index contributed by atoms with van der Waals surface area (Å²) in [6.45, 7) is 0. The highest BCUT2D eigenvalue weighted by Gasteiger charge is 2.03. The van der Waals surface area contributed by atoms with Gasteiger partial charge >= 0.3 is 0 Å². The molecule has 0 aliphatic heterocycles. The Balaban J connectivity index is 2.38. The van der Waals surface area contributed by atoms with Gasteiger partial charge in [-0.05, 0) is 12.1 Å². The Kier molecular flexibility index (Phi) is 3.60. The van der Waals surface area contributed by atoms with Crippen molar-refractivity contribution >= 4 is 17.5 Å². The van der Waals surface area contributed by atoms with E-state index in [4.69, 9.17) is 5.73 Å². The first kappa shape index (κ1) is 10.2. The van der Waals surface area contributed by atoms with Crippen LogP contribution in [0.3, 0.4) is 0 Å². The van der Waals surface area contributed by atoms with Crippen LogP contribution in [-0.4, -0.2) is 16.8 Å². The molecule has 74 valence electrons. The number of nitrogens with one attached hydrogen (secondary N) is 1. The molecule has 0 aromatic carbocycles. The molecule has 0 saturated heterocycles. The van der Waals surface area contributed by atoms with E-state index in [-0.39, 0.29) is 18.7 Å². The summed E-state index contributed by atoms with van der Waals surface area (Å²) in [4.78, 5) is 25.4. The lowest BCUT2D eigenvalue weighted by Gasteiger charge is -2.02. The lowest BCUT2D eigenvalue weighted by molar-refractivity contribution is -0.122. The molecule has 1 aromatic heterocycles. The molecule has 0 bridgehead atoms. The number of amides is 2. The van der Waals surface area contributed by atoms with Crippen molar-refractivity contribution in [2.75, 3.05) is 5.32 Å². The minimum Gasteiger partial charge on any atom is -0.370 e. The summed E-state index contributed by atoms with van der Waals surface area (Å²) < 4.78 is 0. The summed E-state index contributed by atoms with van der Waals surface area (Å²) >= 11 is 0. The number of aromatic nitrogens is 1. The number of rotatable bonds is 4. The molecule has 0 unspecified atom stereocenters. The molecule has 0 fully saturated rings. The Morgan fingerprint density at radius 3 is 2.79 bits per heavy atom. The second kappa shape index (κ2) is 4.96. The van der Waals surface area contributed by atoms with Crippen molar-refractivity contribution in [3.63, 3.8) is 0 Å². The molecule has 14 heavy (non-hydrogen) atoms. The maximum absolute atomic E-state index is 11.2. The van der Waals surface area contributed by atoms with Gasteiger partial charge in [-0.15, -0.1) is 0 Å². The fourth-order valence-corrected chi connectivity index (χ4v) is 0.897. The van der Waals surface area contributed by atoms with Gasteiger partial charge < -0.3 is 11.1 Å². The van der Waals surface area contributed by atoms with Crippen LogP contribution in [0.25, 0.3) is 0 Å². The highest BCUT2D eigenvalue weighted by Crippen LogP contribution is 2.03. The molecule has 1 heterocycles. The third-order valence-corrected chi connectivity index (χ3v) is 1.54. The van der Waals surface area contributed by atoms with Crippen LogP contribution < -0.4 is 11.1 Å². The molecular weight excluding hydrogens is 182 g/mol. The normalized spacial score (nSPS) is 9.43. The predicted molar refractivity (Wildman–Crippen MR) is 51.3 cm³/mol. The number of carbonyl (C=O) groups is 2. The average molecular weight is 193 g/mol. The first-order valence-corrected chi connectivity index (χ1v) is 4.16. The van der Waals surface area contributed by atoms with E-state index < -0.39 is 5.91 Å². The minimum absolute atomic E-state index is 0.0616. The van der Waals surface area contributed by atoms with E-state index >= 15 is 0 Å². The van der Waals surface area contributed by atoms with E-state index in [1.54, 1.807) is 18.3 Å². The monoisotopic (exact) mass is 193 g/mol. The summed E-state index contributed by atoms with van der Waals surface area (Å²) in [5.74, 6) is -0.719. The van der Waals surface area contributed by atoms with Crippen LogP contribution in [0.1, 0.15) is 12.8 Å². The van der Waals surface area contributed by atoms with Gasteiger partial charge in [0.15, 0.2) is 0 Å². The van der Waals surface area contributed by atoms with Gasteiger partial charge in [0.1, 0.15) is 0 Å². The van der Waals surface area contributed by atoms with Crippen molar-refractivity contribution in [2.45, 2.75) is 12.8 Å². The van der Waals surface area contributed by atoms with Gasteiger partial charge in [0.2, 0.25) is 11.8 Å². The lowest BCUT2D eigenvalue weighted by Crippen LogP contribution is -2.17. The number of nitrogens with zero attached hydrogens (tertiary/aromatic N) is 1. The van der Waals surface area contributed by atoms with Gasteiger partial charge in [-0.25, -0.2) is 0 Å². The fraction of sp³-hybridized carbons (Fsp3) is 0.222. The zero-order valence-corrected chi connectivity index (χ0v) is 7.56. The van der Waals surface area contributed by atoms with E-state index in [0.29, 0.717) is 5.69 Å². The Labute approximate surface area is 81.3 Å². The molecule has 0 spiro atoms. The number of anilines is 1. The second-order valence-electron chi connectivity index (χ2n) is 2.76. The van der Waals surface area contributed by atoms with Crippen LogP contribution in [0.2, 0.25) is 0 Å². The largest absolute Gasteiger partial charge is 0.370 e. The minimum atomic E-state index is -0.480. The molecule has 5 nitrogen and oxygen atoms in total. The SMILES string of the molecule is NC(=O)CCC(=O)Nc1cccnc1. The standard InChI is InChI=1S/C9H11N3O2/c10-8(13)3-4-9(14)12-7-2-1-5-11-6-7/h1-2,5-6H,3-4H2,(H2,10,13)(H,12,14). The Hall–Kier alpha value is -1.91. The van der Waals surface area contributed by atoms with Crippen molar-refractivity contribution in [3.8, 4) is 0 Å². The number of hydrogen-bond acceptors (Lipinski definition) is 3. The Morgan fingerprint density at radius 2 is 2.21 bits per heavy atom. The van der Waals surface area contributed by atoms with E-state index in [1.807, 2.05) is 0 Å². The van der Waals surface area contributed by atoms with E-state index in [0.717, 1.165) is 0 Å². The van der Waals surface area contributed by atoms with Gasteiger partial charge in [0, 0.05) is 19.0 Å². The van der Waals surface area contributed by atoms with Crippen LogP contribution in [-0.2, 0) is 9.59 Å².